The molecular formula is C25H33N3O3. The molecule has 31 heavy (non-hydrogen) atoms. The molecule has 0 unspecified atom stereocenters. The van der Waals surface area contributed by atoms with Crippen LogP contribution in [0.2, 0.25) is 0 Å². The molecule has 6 nitrogen and oxygen atoms in total. The standard InChI is InChI=1S/C25H33N3O3/c1-19(2)6-5-7-20(3)14-17-31-22-10-8-21(9-11-22)25(29)27-16-15-26-24-13-12-23(30-4)18-28-24/h6,8-14,18H,5,7,15-17H2,1-4H3,(H,26,28)(H,27,29)/b20-14+. The summed E-state index contributed by atoms with van der Waals surface area (Å²) in [4.78, 5) is 16.5. The van der Waals surface area contributed by atoms with Gasteiger partial charge in [-0.05, 0) is 76.1 Å². The van der Waals surface area contributed by atoms with Crippen LogP contribution in [0.5, 0.6) is 11.5 Å². The summed E-state index contributed by atoms with van der Waals surface area (Å²) in [6.07, 6.45) is 8.09. The first-order valence-corrected chi connectivity index (χ1v) is 10.5. The Labute approximate surface area is 185 Å². The third-order valence-corrected chi connectivity index (χ3v) is 4.58. The number of amides is 1. The number of methoxy groups -OCH3 is 1. The van der Waals surface area contributed by atoms with Gasteiger partial charge in [0.05, 0.1) is 13.3 Å². The van der Waals surface area contributed by atoms with Crippen molar-refractivity contribution in [2.75, 3.05) is 32.1 Å². The molecule has 0 saturated heterocycles. The molecule has 1 amide bonds. The van der Waals surface area contributed by atoms with E-state index >= 15 is 0 Å². The fourth-order valence-corrected chi connectivity index (χ4v) is 2.75. The minimum Gasteiger partial charge on any atom is -0.495 e. The minimum atomic E-state index is -0.119. The lowest BCUT2D eigenvalue weighted by Crippen LogP contribution is -2.28. The maximum atomic E-state index is 12.3. The average molecular weight is 424 g/mol. The zero-order valence-electron chi connectivity index (χ0n) is 18.9. The molecular weight excluding hydrogens is 390 g/mol. The zero-order valence-corrected chi connectivity index (χ0v) is 18.9. The second kappa shape index (κ2) is 13.1. The molecule has 0 saturated carbocycles. The lowest BCUT2D eigenvalue weighted by Gasteiger charge is -2.09. The highest BCUT2D eigenvalue weighted by Crippen LogP contribution is 2.13. The van der Waals surface area contributed by atoms with Gasteiger partial charge in [-0.1, -0.05) is 17.2 Å². The van der Waals surface area contributed by atoms with E-state index in [0.717, 1.165) is 24.4 Å². The van der Waals surface area contributed by atoms with E-state index in [9.17, 15) is 4.79 Å². The molecule has 0 aliphatic heterocycles. The van der Waals surface area contributed by atoms with Gasteiger partial charge in [0, 0.05) is 18.7 Å². The van der Waals surface area contributed by atoms with Crippen LogP contribution in [0, 0.1) is 0 Å². The van der Waals surface area contributed by atoms with Crippen LogP contribution in [-0.4, -0.2) is 37.7 Å². The summed E-state index contributed by atoms with van der Waals surface area (Å²) >= 11 is 0. The van der Waals surface area contributed by atoms with Gasteiger partial charge in [-0.15, -0.1) is 0 Å². The van der Waals surface area contributed by atoms with Gasteiger partial charge in [-0.25, -0.2) is 4.98 Å². The Balaban J connectivity index is 1.69. The summed E-state index contributed by atoms with van der Waals surface area (Å²) in [6, 6.07) is 10.9. The number of rotatable bonds is 12. The number of pyridine rings is 1. The predicted molar refractivity (Wildman–Crippen MR) is 126 cm³/mol. The van der Waals surface area contributed by atoms with Crippen LogP contribution in [0.15, 0.2) is 65.9 Å². The monoisotopic (exact) mass is 423 g/mol. The molecule has 2 rings (SSSR count). The van der Waals surface area contributed by atoms with Crippen molar-refractivity contribution < 1.29 is 14.3 Å². The largest absolute Gasteiger partial charge is 0.495 e. The highest BCUT2D eigenvalue weighted by Gasteiger charge is 2.05. The molecule has 1 aromatic heterocycles. The topological polar surface area (TPSA) is 72.5 Å². The summed E-state index contributed by atoms with van der Waals surface area (Å²) in [6.45, 7) is 7.94. The van der Waals surface area contributed by atoms with Crippen molar-refractivity contribution in [2.45, 2.75) is 33.6 Å². The van der Waals surface area contributed by atoms with Crippen molar-refractivity contribution in [3.8, 4) is 11.5 Å². The van der Waals surface area contributed by atoms with Crippen LogP contribution < -0.4 is 20.1 Å². The molecule has 1 heterocycles. The Morgan fingerprint density at radius 1 is 1.00 bits per heavy atom. The number of aromatic nitrogens is 1. The fourth-order valence-electron chi connectivity index (χ4n) is 2.75. The molecule has 0 aliphatic carbocycles. The van der Waals surface area contributed by atoms with Crippen LogP contribution in [0.25, 0.3) is 0 Å². The minimum absolute atomic E-state index is 0.119. The Morgan fingerprint density at radius 2 is 1.74 bits per heavy atom. The third kappa shape index (κ3) is 9.38. The lowest BCUT2D eigenvalue weighted by molar-refractivity contribution is 0.0955. The maximum Gasteiger partial charge on any atom is 0.251 e. The number of nitrogens with zero attached hydrogens (tertiary/aromatic N) is 1. The molecule has 0 bridgehead atoms. The highest BCUT2D eigenvalue weighted by molar-refractivity contribution is 5.94. The van der Waals surface area contributed by atoms with Gasteiger partial charge in [0.25, 0.3) is 5.91 Å². The predicted octanol–water partition coefficient (Wildman–Crippen LogP) is 5.00. The SMILES string of the molecule is COc1ccc(NCCNC(=O)c2ccc(OC/C=C(\C)CCC=C(C)C)cc2)nc1. The van der Waals surface area contributed by atoms with Crippen molar-refractivity contribution >= 4 is 11.7 Å². The number of carbonyl (C=O) groups excluding carboxylic acids is 1. The van der Waals surface area contributed by atoms with Gasteiger partial charge in [-0.3, -0.25) is 4.79 Å². The molecule has 1 aromatic carbocycles. The summed E-state index contributed by atoms with van der Waals surface area (Å²) in [5.74, 6) is 2.07. The molecule has 6 heteroatoms. The molecule has 166 valence electrons. The first kappa shape index (κ1) is 24.0. The van der Waals surface area contributed by atoms with Gasteiger partial charge in [0.15, 0.2) is 0 Å². The smallest absolute Gasteiger partial charge is 0.251 e. The van der Waals surface area contributed by atoms with E-state index in [1.807, 2.05) is 24.3 Å². The second-order valence-corrected chi connectivity index (χ2v) is 7.47. The molecule has 0 radical (unpaired) electrons. The number of anilines is 1. The zero-order chi connectivity index (χ0) is 22.5. The molecule has 0 fully saturated rings. The van der Waals surface area contributed by atoms with E-state index in [1.165, 1.54) is 11.1 Å². The fraction of sp³-hybridized carbons (Fsp3) is 0.360. The maximum absolute atomic E-state index is 12.3. The van der Waals surface area contributed by atoms with Crippen molar-refractivity contribution in [1.82, 2.24) is 10.3 Å². The van der Waals surface area contributed by atoms with Crippen LogP contribution in [0.3, 0.4) is 0 Å². The van der Waals surface area contributed by atoms with Gasteiger partial charge in [0.2, 0.25) is 0 Å². The average Bonchev–Trinajstić information content (AvgIpc) is 2.77. The van der Waals surface area contributed by atoms with Gasteiger partial charge in [-0.2, -0.15) is 0 Å². The number of allylic oxidation sites excluding steroid dienone is 3. The van der Waals surface area contributed by atoms with Gasteiger partial charge >= 0.3 is 0 Å². The van der Waals surface area contributed by atoms with Crippen LogP contribution in [0.4, 0.5) is 5.82 Å². The number of benzene rings is 1. The van der Waals surface area contributed by atoms with E-state index in [0.29, 0.717) is 31.0 Å². The third-order valence-electron chi connectivity index (χ3n) is 4.58. The van der Waals surface area contributed by atoms with Crippen molar-refractivity contribution in [1.29, 1.82) is 0 Å². The lowest BCUT2D eigenvalue weighted by atomic mass is 10.1. The molecule has 0 atom stereocenters. The Morgan fingerprint density at radius 3 is 2.39 bits per heavy atom. The number of carbonyl (C=O) groups is 1. The van der Waals surface area contributed by atoms with Crippen LogP contribution >= 0.6 is 0 Å². The highest BCUT2D eigenvalue weighted by atomic mass is 16.5. The van der Waals surface area contributed by atoms with E-state index in [-0.39, 0.29) is 5.91 Å². The number of nitrogens with one attached hydrogen (secondary N) is 2. The molecule has 2 aromatic rings. The van der Waals surface area contributed by atoms with Crippen molar-refractivity contribution in [3.05, 3.63) is 71.5 Å². The van der Waals surface area contributed by atoms with E-state index in [2.05, 4.69) is 48.5 Å². The Bertz CT molecular complexity index is 868. The van der Waals surface area contributed by atoms with Crippen molar-refractivity contribution in [2.24, 2.45) is 0 Å². The first-order valence-electron chi connectivity index (χ1n) is 10.5. The molecule has 0 aliphatic rings. The quantitative estimate of drug-likeness (QED) is 0.371. The van der Waals surface area contributed by atoms with Gasteiger partial charge in [0.1, 0.15) is 23.9 Å². The van der Waals surface area contributed by atoms with E-state index < -0.39 is 0 Å². The normalized spacial score (nSPS) is 10.9. The summed E-state index contributed by atoms with van der Waals surface area (Å²) in [7, 11) is 1.60. The number of hydrogen-bond donors (Lipinski definition) is 2. The van der Waals surface area contributed by atoms with Crippen molar-refractivity contribution in [3.63, 3.8) is 0 Å². The summed E-state index contributed by atoms with van der Waals surface area (Å²) < 4.78 is 10.8. The first-order chi connectivity index (χ1) is 15.0. The Kier molecular flexibility index (Phi) is 10.1. The van der Waals surface area contributed by atoms with Crippen LogP contribution in [0.1, 0.15) is 44.0 Å². The molecule has 0 spiro atoms. The number of ether oxygens (including phenoxy) is 2. The summed E-state index contributed by atoms with van der Waals surface area (Å²) in [5, 5.41) is 6.04. The number of hydrogen-bond acceptors (Lipinski definition) is 5. The van der Waals surface area contributed by atoms with Gasteiger partial charge < -0.3 is 20.1 Å². The Hall–Kier alpha value is -3.28. The second-order valence-electron chi connectivity index (χ2n) is 7.47. The van der Waals surface area contributed by atoms with E-state index in [1.54, 1.807) is 25.4 Å². The van der Waals surface area contributed by atoms with E-state index in [4.69, 9.17) is 9.47 Å². The van der Waals surface area contributed by atoms with Crippen LogP contribution in [-0.2, 0) is 0 Å². The molecule has 2 N–H and O–H groups in total. The summed E-state index contributed by atoms with van der Waals surface area (Å²) in [5.41, 5.74) is 3.26.